The number of anilines is 1. The molecule has 2 aromatic heterocycles. The van der Waals surface area contributed by atoms with Crippen LogP contribution in [0.1, 0.15) is 20.7 Å². The van der Waals surface area contributed by atoms with Gasteiger partial charge in [0.2, 0.25) is 0 Å². The minimum atomic E-state index is -0.735. The van der Waals surface area contributed by atoms with Gasteiger partial charge < -0.3 is 10.4 Å². The molecule has 32 heavy (non-hydrogen) atoms. The highest BCUT2D eigenvalue weighted by atomic mass is 16.5. The third-order valence-electron chi connectivity index (χ3n) is 4.74. The molecule has 0 aliphatic rings. The highest BCUT2D eigenvalue weighted by Crippen LogP contribution is 2.25. The lowest BCUT2D eigenvalue weighted by atomic mass is 10.0. The van der Waals surface area contributed by atoms with E-state index >= 15 is 0 Å². The van der Waals surface area contributed by atoms with Crippen LogP contribution >= 0.6 is 0 Å². The Bertz CT molecular complexity index is 1260. The molecule has 0 atom stereocenters. The minimum absolute atomic E-state index is 0.0401. The first-order chi connectivity index (χ1) is 15.5. The van der Waals surface area contributed by atoms with E-state index in [1.165, 1.54) is 36.4 Å². The Balaban J connectivity index is 1.66. The maximum Gasteiger partial charge on any atom is 0.274 e. The number of carbonyl (C=O) groups excluding carboxylic acids is 2. The van der Waals surface area contributed by atoms with Crippen LogP contribution in [-0.2, 0) is 0 Å². The van der Waals surface area contributed by atoms with Crippen molar-refractivity contribution in [2.45, 2.75) is 0 Å². The zero-order valence-corrected chi connectivity index (χ0v) is 16.7. The van der Waals surface area contributed by atoms with Crippen LogP contribution in [0.15, 0.2) is 85.2 Å². The molecule has 4 N–H and O–H groups in total. The molecule has 0 aliphatic carbocycles. The number of pyridine rings is 2. The lowest BCUT2D eigenvalue weighted by molar-refractivity contribution is 0.0706. The first-order valence-electron chi connectivity index (χ1n) is 9.61. The van der Waals surface area contributed by atoms with E-state index in [0.717, 1.165) is 11.1 Å². The van der Waals surface area contributed by atoms with Crippen molar-refractivity contribution in [2.24, 2.45) is 0 Å². The molecule has 8 nitrogen and oxygen atoms in total. The number of benzene rings is 2. The first-order valence-corrected chi connectivity index (χ1v) is 9.61. The Hall–Kier alpha value is -4.56. The molecule has 2 aromatic carbocycles. The number of nitrogens with zero attached hydrogens (tertiary/aromatic N) is 2. The summed E-state index contributed by atoms with van der Waals surface area (Å²) in [7, 11) is 0. The van der Waals surface area contributed by atoms with Crippen molar-refractivity contribution < 1.29 is 19.9 Å². The molecule has 0 bridgehead atoms. The Labute approximate surface area is 183 Å². The lowest BCUT2D eigenvalue weighted by Crippen LogP contribution is -2.20. The predicted octanol–water partition coefficient (Wildman–Crippen LogP) is 3.89. The van der Waals surface area contributed by atoms with Crippen molar-refractivity contribution in [1.29, 1.82) is 0 Å². The summed E-state index contributed by atoms with van der Waals surface area (Å²) in [6.07, 6.45) is 3.46. The van der Waals surface area contributed by atoms with E-state index in [1.807, 2.05) is 36.4 Å². The summed E-state index contributed by atoms with van der Waals surface area (Å²) in [6, 6.07) is 19.9. The summed E-state index contributed by atoms with van der Waals surface area (Å²) in [5, 5.41) is 21.1. The van der Waals surface area contributed by atoms with Gasteiger partial charge >= 0.3 is 0 Å². The molecule has 2 heterocycles. The van der Waals surface area contributed by atoms with Crippen LogP contribution in [0.2, 0.25) is 0 Å². The standard InChI is InChI=1S/C24H18N4O4/c29-20-9-7-17(8-10-20)23(30)27-22-13-19(24(31)28-32)12-21(26-22)16-5-3-15(4-6-16)18-2-1-11-25-14-18/h1-14,29,32H,(H,28,31)(H,26,27,30). The summed E-state index contributed by atoms with van der Waals surface area (Å²) in [5.41, 5.74) is 5.10. The van der Waals surface area contributed by atoms with Crippen molar-refractivity contribution >= 4 is 17.6 Å². The second-order valence-corrected chi connectivity index (χ2v) is 6.89. The van der Waals surface area contributed by atoms with Gasteiger partial charge in [-0.05, 0) is 53.6 Å². The van der Waals surface area contributed by atoms with E-state index in [1.54, 1.807) is 17.9 Å². The average molecular weight is 426 g/mol. The number of rotatable bonds is 5. The Morgan fingerprint density at radius 3 is 2.16 bits per heavy atom. The number of hydrogen-bond acceptors (Lipinski definition) is 6. The first kappa shape index (κ1) is 20.7. The quantitative estimate of drug-likeness (QED) is 0.284. The molecule has 8 heteroatoms. The molecule has 0 fully saturated rings. The van der Waals surface area contributed by atoms with Gasteiger partial charge in [0.15, 0.2) is 0 Å². The monoisotopic (exact) mass is 426 g/mol. The van der Waals surface area contributed by atoms with Gasteiger partial charge in [-0.3, -0.25) is 19.8 Å². The van der Waals surface area contributed by atoms with Gasteiger partial charge in [0, 0.05) is 29.1 Å². The highest BCUT2D eigenvalue weighted by Gasteiger charge is 2.14. The molecule has 2 amide bonds. The van der Waals surface area contributed by atoms with Crippen molar-refractivity contribution in [3.8, 4) is 28.1 Å². The average Bonchev–Trinajstić information content (AvgIpc) is 2.84. The molecule has 0 saturated heterocycles. The molecule has 0 unspecified atom stereocenters. The molecule has 4 rings (SSSR count). The summed E-state index contributed by atoms with van der Waals surface area (Å²) in [5.74, 6) is -1.02. The van der Waals surface area contributed by atoms with Gasteiger partial charge in [-0.15, -0.1) is 0 Å². The van der Waals surface area contributed by atoms with Crippen molar-refractivity contribution in [3.63, 3.8) is 0 Å². The topological polar surface area (TPSA) is 124 Å². The fourth-order valence-corrected chi connectivity index (χ4v) is 3.11. The van der Waals surface area contributed by atoms with Crippen LogP contribution < -0.4 is 10.8 Å². The summed E-state index contributed by atoms with van der Waals surface area (Å²) in [6.45, 7) is 0. The van der Waals surface area contributed by atoms with Crippen molar-refractivity contribution in [3.05, 3.63) is 96.3 Å². The number of aromatic nitrogens is 2. The van der Waals surface area contributed by atoms with E-state index in [0.29, 0.717) is 16.8 Å². The summed E-state index contributed by atoms with van der Waals surface area (Å²) >= 11 is 0. The molecule has 4 aromatic rings. The minimum Gasteiger partial charge on any atom is -0.508 e. The van der Waals surface area contributed by atoms with Crippen molar-refractivity contribution in [2.75, 3.05) is 5.32 Å². The van der Waals surface area contributed by atoms with E-state index in [2.05, 4.69) is 15.3 Å². The lowest BCUT2D eigenvalue weighted by Gasteiger charge is -2.10. The van der Waals surface area contributed by atoms with E-state index in [9.17, 15) is 14.7 Å². The van der Waals surface area contributed by atoms with Crippen LogP contribution in [0.5, 0.6) is 5.75 Å². The normalized spacial score (nSPS) is 10.4. The number of phenols is 1. The SMILES string of the molecule is O=C(NO)c1cc(NC(=O)c2ccc(O)cc2)nc(-c2ccc(-c3cccnc3)cc2)c1. The van der Waals surface area contributed by atoms with Crippen molar-refractivity contribution in [1.82, 2.24) is 15.4 Å². The Kier molecular flexibility index (Phi) is 5.87. The summed E-state index contributed by atoms with van der Waals surface area (Å²) in [4.78, 5) is 33.1. The van der Waals surface area contributed by atoms with Gasteiger partial charge in [0.1, 0.15) is 11.6 Å². The number of hydroxylamine groups is 1. The molecular weight excluding hydrogens is 408 g/mol. The third kappa shape index (κ3) is 4.61. The Morgan fingerprint density at radius 1 is 0.781 bits per heavy atom. The predicted molar refractivity (Wildman–Crippen MR) is 118 cm³/mol. The van der Waals surface area contributed by atoms with Gasteiger partial charge in [0.25, 0.3) is 11.8 Å². The number of nitrogens with one attached hydrogen (secondary N) is 2. The highest BCUT2D eigenvalue weighted by molar-refractivity contribution is 6.04. The van der Waals surface area contributed by atoms with Crippen LogP contribution in [-0.4, -0.2) is 32.1 Å². The van der Waals surface area contributed by atoms with Crippen LogP contribution in [0, 0.1) is 0 Å². The van der Waals surface area contributed by atoms with Gasteiger partial charge in [0.05, 0.1) is 5.69 Å². The molecule has 0 radical (unpaired) electrons. The fourth-order valence-electron chi connectivity index (χ4n) is 3.11. The number of hydrogen-bond donors (Lipinski definition) is 4. The third-order valence-corrected chi connectivity index (χ3v) is 4.74. The maximum absolute atomic E-state index is 12.5. The zero-order chi connectivity index (χ0) is 22.5. The molecule has 0 spiro atoms. The zero-order valence-electron chi connectivity index (χ0n) is 16.7. The second-order valence-electron chi connectivity index (χ2n) is 6.89. The fraction of sp³-hybridized carbons (Fsp3) is 0. The maximum atomic E-state index is 12.5. The van der Waals surface area contributed by atoms with E-state index in [-0.39, 0.29) is 17.1 Å². The van der Waals surface area contributed by atoms with E-state index < -0.39 is 11.8 Å². The van der Waals surface area contributed by atoms with Crippen LogP contribution in [0.25, 0.3) is 22.4 Å². The summed E-state index contributed by atoms with van der Waals surface area (Å²) < 4.78 is 0. The molecular formula is C24H18N4O4. The number of carbonyl (C=O) groups is 2. The van der Waals surface area contributed by atoms with Crippen LogP contribution in [0.4, 0.5) is 5.82 Å². The van der Waals surface area contributed by atoms with Gasteiger partial charge in [-0.25, -0.2) is 10.5 Å². The second kappa shape index (κ2) is 9.07. The van der Waals surface area contributed by atoms with Gasteiger partial charge in [-0.1, -0.05) is 30.3 Å². The van der Waals surface area contributed by atoms with Crippen LogP contribution in [0.3, 0.4) is 0 Å². The Morgan fingerprint density at radius 2 is 1.50 bits per heavy atom. The molecule has 158 valence electrons. The van der Waals surface area contributed by atoms with E-state index in [4.69, 9.17) is 5.21 Å². The molecule has 0 aliphatic heterocycles. The molecule has 0 saturated carbocycles. The number of amides is 2. The number of phenolic OH excluding ortho intramolecular Hbond substituents is 1. The number of aromatic hydroxyl groups is 1. The van der Waals surface area contributed by atoms with Gasteiger partial charge in [-0.2, -0.15) is 0 Å². The smallest absolute Gasteiger partial charge is 0.274 e. The largest absolute Gasteiger partial charge is 0.508 e.